The van der Waals surface area contributed by atoms with E-state index >= 15 is 0 Å². The molecule has 2 N–H and O–H groups in total. The molecule has 1 atom stereocenters. The maximum Gasteiger partial charge on any atom is 0.255 e. The number of para-hydroxylation sites is 2. The van der Waals surface area contributed by atoms with Crippen LogP contribution in [-0.2, 0) is 4.79 Å². The molecular formula is C28H35N5O3S. The molecule has 0 fully saturated rings. The van der Waals surface area contributed by atoms with Gasteiger partial charge in [0.1, 0.15) is 17.5 Å². The van der Waals surface area contributed by atoms with Crippen LogP contribution in [-0.4, -0.2) is 39.6 Å². The molecule has 196 valence electrons. The number of carbonyl (C=O) groups excluding carboxylic acids is 1. The van der Waals surface area contributed by atoms with Crippen molar-refractivity contribution in [2.24, 2.45) is 0 Å². The molecule has 0 saturated heterocycles. The third-order valence-corrected chi connectivity index (χ3v) is 6.81. The monoisotopic (exact) mass is 521 g/mol. The van der Waals surface area contributed by atoms with Crippen molar-refractivity contribution in [3.63, 3.8) is 0 Å². The fraction of sp³-hybridized carbons (Fsp3) is 0.393. The number of fused-ring (bicyclic) bond motifs is 1. The molecule has 0 saturated carbocycles. The van der Waals surface area contributed by atoms with E-state index in [9.17, 15) is 4.79 Å². The van der Waals surface area contributed by atoms with Gasteiger partial charge in [-0.15, -0.1) is 5.10 Å². The standard InChI is InChI=1S/C28H35N5O3S/c1-5-8-17-37-28-31-27-29-19(4)24(26(34)30-22-14-9-10-15-23(22)35-7-3)25(33(27)32-28)20-12-11-13-21(18-20)36-16-6-2/h9-15,18,25H,5-8,16-17H2,1-4H3,(H,30,34)(H,29,31,32). The second-order valence-electron chi connectivity index (χ2n) is 8.74. The fourth-order valence-electron chi connectivity index (χ4n) is 4.14. The smallest absolute Gasteiger partial charge is 0.255 e. The number of carbonyl (C=O) groups is 1. The van der Waals surface area contributed by atoms with Crippen molar-refractivity contribution in [2.75, 3.05) is 29.6 Å². The van der Waals surface area contributed by atoms with Gasteiger partial charge in [0.25, 0.3) is 5.91 Å². The van der Waals surface area contributed by atoms with E-state index in [2.05, 4.69) is 24.5 Å². The molecule has 3 aromatic rings. The molecule has 9 heteroatoms. The average molecular weight is 522 g/mol. The molecule has 1 unspecified atom stereocenters. The van der Waals surface area contributed by atoms with Crippen LogP contribution in [0.15, 0.2) is 65.0 Å². The van der Waals surface area contributed by atoms with Gasteiger partial charge < -0.3 is 20.1 Å². The maximum absolute atomic E-state index is 13.8. The number of hydrogen-bond acceptors (Lipinski definition) is 7. The summed E-state index contributed by atoms with van der Waals surface area (Å²) in [4.78, 5) is 18.6. The zero-order valence-electron chi connectivity index (χ0n) is 21.9. The molecule has 2 heterocycles. The van der Waals surface area contributed by atoms with Gasteiger partial charge in [0.05, 0.1) is 24.5 Å². The quantitative estimate of drug-likeness (QED) is 0.214. The predicted molar refractivity (Wildman–Crippen MR) is 149 cm³/mol. The van der Waals surface area contributed by atoms with Gasteiger partial charge in [-0.1, -0.05) is 56.3 Å². The van der Waals surface area contributed by atoms with Crippen LogP contribution in [0, 0.1) is 0 Å². The minimum Gasteiger partial charge on any atom is -0.494 e. The third kappa shape index (κ3) is 6.28. The summed E-state index contributed by atoms with van der Waals surface area (Å²) in [5.74, 6) is 2.72. The highest BCUT2D eigenvalue weighted by Gasteiger charge is 2.35. The van der Waals surface area contributed by atoms with Crippen molar-refractivity contribution in [1.29, 1.82) is 0 Å². The number of unbranched alkanes of at least 4 members (excludes halogenated alkanes) is 1. The molecule has 0 bridgehead atoms. The minimum atomic E-state index is -0.478. The van der Waals surface area contributed by atoms with Gasteiger partial charge in [0, 0.05) is 11.4 Å². The van der Waals surface area contributed by atoms with Gasteiger partial charge in [-0.2, -0.15) is 4.98 Å². The Labute approximate surface area is 222 Å². The van der Waals surface area contributed by atoms with Gasteiger partial charge in [0.2, 0.25) is 11.1 Å². The van der Waals surface area contributed by atoms with Crippen LogP contribution in [0.5, 0.6) is 11.5 Å². The number of rotatable bonds is 12. The zero-order valence-corrected chi connectivity index (χ0v) is 22.7. The number of nitrogens with zero attached hydrogens (tertiary/aromatic N) is 3. The van der Waals surface area contributed by atoms with Crippen LogP contribution >= 0.6 is 11.8 Å². The number of aromatic nitrogens is 3. The van der Waals surface area contributed by atoms with Crippen LogP contribution in [0.1, 0.15) is 58.6 Å². The molecule has 1 aromatic heterocycles. The average Bonchev–Trinajstić information content (AvgIpc) is 3.30. The summed E-state index contributed by atoms with van der Waals surface area (Å²) in [6.07, 6.45) is 3.11. The Balaban J connectivity index is 1.73. The summed E-state index contributed by atoms with van der Waals surface area (Å²) in [6, 6.07) is 14.8. The zero-order chi connectivity index (χ0) is 26.2. The van der Waals surface area contributed by atoms with E-state index < -0.39 is 6.04 Å². The lowest BCUT2D eigenvalue weighted by atomic mass is 9.94. The Morgan fingerprint density at radius 2 is 1.95 bits per heavy atom. The molecule has 0 radical (unpaired) electrons. The lowest BCUT2D eigenvalue weighted by Gasteiger charge is -2.29. The van der Waals surface area contributed by atoms with Crippen molar-refractivity contribution in [3.05, 3.63) is 65.4 Å². The lowest BCUT2D eigenvalue weighted by molar-refractivity contribution is -0.113. The number of anilines is 2. The highest BCUT2D eigenvalue weighted by atomic mass is 32.2. The fourth-order valence-corrected chi connectivity index (χ4v) is 5.05. The molecule has 8 nitrogen and oxygen atoms in total. The molecular weight excluding hydrogens is 486 g/mol. The summed E-state index contributed by atoms with van der Waals surface area (Å²) >= 11 is 1.63. The van der Waals surface area contributed by atoms with Gasteiger partial charge in [-0.3, -0.25) is 4.79 Å². The van der Waals surface area contributed by atoms with E-state index in [4.69, 9.17) is 19.6 Å². The summed E-state index contributed by atoms with van der Waals surface area (Å²) < 4.78 is 13.4. The van der Waals surface area contributed by atoms with Gasteiger partial charge in [-0.05, 0) is 56.5 Å². The maximum atomic E-state index is 13.8. The molecule has 1 aliphatic rings. The number of hydrogen-bond donors (Lipinski definition) is 2. The van der Waals surface area contributed by atoms with E-state index in [1.807, 2.05) is 67.1 Å². The number of ether oxygens (including phenoxy) is 2. The first-order valence-electron chi connectivity index (χ1n) is 12.9. The Morgan fingerprint density at radius 1 is 1.11 bits per heavy atom. The number of amides is 1. The Hall–Kier alpha value is -3.46. The van der Waals surface area contributed by atoms with Crippen LogP contribution < -0.4 is 20.1 Å². The SMILES string of the molecule is CCCCSc1nc2n(n1)C(c1cccc(OCCC)c1)C(C(=O)Nc1ccccc1OCC)=C(C)N2. The highest BCUT2D eigenvalue weighted by Crippen LogP contribution is 2.38. The van der Waals surface area contributed by atoms with E-state index in [1.165, 1.54) is 0 Å². The van der Waals surface area contributed by atoms with Crippen molar-refractivity contribution < 1.29 is 14.3 Å². The van der Waals surface area contributed by atoms with Crippen LogP contribution in [0.2, 0.25) is 0 Å². The van der Waals surface area contributed by atoms with Gasteiger partial charge >= 0.3 is 0 Å². The Morgan fingerprint density at radius 3 is 2.73 bits per heavy atom. The first kappa shape index (κ1) is 26.6. The molecule has 2 aromatic carbocycles. The second-order valence-corrected chi connectivity index (χ2v) is 9.80. The van der Waals surface area contributed by atoms with Crippen molar-refractivity contribution in [2.45, 2.75) is 58.2 Å². The van der Waals surface area contributed by atoms with E-state index in [1.54, 1.807) is 11.8 Å². The third-order valence-electron chi connectivity index (χ3n) is 5.89. The van der Waals surface area contributed by atoms with Gasteiger partial charge in [0.15, 0.2) is 0 Å². The normalized spacial score (nSPS) is 14.6. The number of allylic oxidation sites excluding steroid dienone is 1. The summed E-state index contributed by atoms with van der Waals surface area (Å²) in [6.45, 7) is 9.19. The Kier molecular flexibility index (Phi) is 9.11. The molecule has 1 aliphatic heterocycles. The van der Waals surface area contributed by atoms with Crippen LogP contribution in [0.3, 0.4) is 0 Å². The minimum absolute atomic E-state index is 0.233. The first-order valence-corrected chi connectivity index (χ1v) is 13.9. The number of thioether (sulfide) groups is 1. The molecule has 1 amide bonds. The molecule has 0 aliphatic carbocycles. The number of benzene rings is 2. The lowest BCUT2D eigenvalue weighted by Crippen LogP contribution is -2.31. The van der Waals surface area contributed by atoms with Gasteiger partial charge in [-0.25, -0.2) is 4.68 Å². The Bertz CT molecular complexity index is 1260. The van der Waals surface area contributed by atoms with E-state index in [0.29, 0.717) is 41.3 Å². The van der Waals surface area contributed by atoms with Crippen LogP contribution in [0.25, 0.3) is 0 Å². The van der Waals surface area contributed by atoms with Crippen molar-refractivity contribution >= 4 is 29.3 Å². The molecule has 0 spiro atoms. The van der Waals surface area contributed by atoms with Crippen molar-refractivity contribution in [1.82, 2.24) is 14.8 Å². The summed E-state index contributed by atoms with van der Waals surface area (Å²) in [7, 11) is 0. The second kappa shape index (κ2) is 12.7. The van der Waals surface area contributed by atoms with Crippen LogP contribution in [0.4, 0.5) is 11.6 Å². The first-order chi connectivity index (χ1) is 18.0. The highest BCUT2D eigenvalue weighted by molar-refractivity contribution is 7.99. The summed E-state index contributed by atoms with van der Waals surface area (Å²) in [5, 5.41) is 11.9. The van der Waals surface area contributed by atoms with Crippen molar-refractivity contribution in [3.8, 4) is 11.5 Å². The van der Waals surface area contributed by atoms with E-state index in [0.717, 1.165) is 42.0 Å². The summed E-state index contributed by atoms with van der Waals surface area (Å²) in [5.41, 5.74) is 2.80. The number of nitrogens with one attached hydrogen (secondary N) is 2. The molecule has 4 rings (SSSR count). The topological polar surface area (TPSA) is 90.3 Å². The predicted octanol–water partition coefficient (Wildman–Crippen LogP) is 6.29. The van der Waals surface area contributed by atoms with E-state index in [-0.39, 0.29) is 5.91 Å². The molecule has 37 heavy (non-hydrogen) atoms. The largest absolute Gasteiger partial charge is 0.494 e.